The average Bonchev–Trinajstić information content (AvgIpc) is 1.30. The Labute approximate surface area is 55.9 Å². The van der Waals surface area contributed by atoms with Gasteiger partial charge in [-0.1, -0.05) is 0 Å². The summed E-state index contributed by atoms with van der Waals surface area (Å²) in [7, 11) is 0. The Morgan fingerprint density at radius 1 is 1.50 bits per heavy atom. The van der Waals surface area contributed by atoms with Crippen molar-refractivity contribution in [1.82, 2.24) is 0 Å². The van der Waals surface area contributed by atoms with Crippen molar-refractivity contribution in [3.8, 4) is 0 Å². The maximum atomic E-state index is 11.4. The minimum absolute atomic E-state index is 0. The van der Waals surface area contributed by atoms with Crippen molar-refractivity contribution in [3.63, 3.8) is 0 Å². The molecule has 0 aliphatic carbocycles. The summed E-state index contributed by atoms with van der Waals surface area (Å²) in [6.07, 6.45) is 0.451. The van der Waals surface area contributed by atoms with Gasteiger partial charge in [0, 0.05) is 5.54 Å². The monoisotopic (exact) mass is 141 g/mol. The molecule has 0 radical (unpaired) electrons. The van der Waals surface area contributed by atoms with Gasteiger partial charge in [0.05, 0.1) is 6.67 Å². The second-order valence-electron chi connectivity index (χ2n) is 2.43. The van der Waals surface area contributed by atoms with Crippen molar-refractivity contribution in [3.05, 3.63) is 0 Å². The maximum absolute atomic E-state index is 11.4. The molecule has 0 aromatic heterocycles. The predicted octanol–water partition coefficient (Wildman–Crippen LogP) is 1.51. The van der Waals surface area contributed by atoms with Crippen molar-refractivity contribution >= 4 is 12.4 Å². The van der Waals surface area contributed by atoms with E-state index in [-0.39, 0.29) is 24.6 Å². The SMILES string of the molecule is CC(C)(N)CCF.Cl. The highest BCUT2D eigenvalue weighted by Crippen LogP contribution is 2.01. The van der Waals surface area contributed by atoms with Crippen LogP contribution in [0, 0.1) is 0 Å². The van der Waals surface area contributed by atoms with E-state index in [1.807, 2.05) is 13.8 Å². The van der Waals surface area contributed by atoms with Crippen LogP contribution in [0.2, 0.25) is 0 Å². The number of hydrogen-bond acceptors (Lipinski definition) is 1. The summed E-state index contributed by atoms with van der Waals surface area (Å²) in [5, 5.41) is 0. The average molecular weight is 142 g/mol. The van der Waals surface area contributed by atoms with Gasteiger partial charge >= 0.3 is 0 Å². The van der Waals surface area contributed by atoms with Crippen LogP contribution in [0.25, 0.3) is 0 Å². The summed E-state index contributed by atoms with van der Waals surface area (Å²) in [5.41, 5.74) is 5.08. The Kier molecular flexibility index (Phi) is 5.66. The Bertz CT molecular complexity index is 50.9. The second-order valence-corrected chi connectivity index (χ2v) is 2.43. The van der Waals surface area contributed by atoms with Crippen LogP contribution in [0.5, 0.6) is 0 Å². The molecule has 0 saturated carbocycles. The van der Waals surface area contributed by atoms with Crippen LogP contribution in [-0.2, 0) is 0 Å². The normalized spacial score (nSPS) is 10.5. The van der Waals surface area contributed by atoms with Gasteiger partial charge in [-0.3, -0.25) is 4.39 Å². The van der Waals surface area contributed by atoms with Crippen molar-refractivity contribution < 1.29 is 4.39 Å². The zero-order valence-corrected chi connectivity index (χ0v) is 6.09. The zero-order valence-electron chi connectivity index (χ0n) is 5.28. The van der Waals surface area contributed by atoms with Crippen LogP contribution in [0.4, 0.5) is 4.39 Å². The van der Waals surface area contributed by atoms with Gasteiger partial charge in [0.15, 0.2) is 0 Å². The van der Waals surface area contributed by atoms with Crippen molar-refractivity contribution in [2.75, 3.05) is 6.67 Å². The molecule has 0 atom stereocenters. The third-order valence-electron chi connectivity index (χ3n) is 0.739. The number of hydrogen-bond donors (Lipinski definition) is 1. The smallest absolute Gasteiger partial charge is 0.0911 e. The van der Waals surface area contributed by atoms with Gasteiger partial charge in [0.2, 0.25) is 0 Å². The Morgan fingerprint density at radius 3 is 1.88 bits per heavy atom. The molecule has 0 saturated heterocycles. The molecule has 8 heavy (non-hydrogen) atoms. The van der Waals surface area contributed by atoms with E-state index in [2.05, 4.69) is 0 Å². The molecule has 2 N–H and O–H groups in total. The van der Waals surface area contributed by atoms with E-state index in [4.69, 9.17) is 5.73 Å². The number of alkyl halides is 1. The quantitative estimate of drug-likeness (QED) is 0.620. The van der Waals surface area contributed by atoms with Gasteiger partial charge < -0.3 is 5.73 Å². The number of nitrogens with two attached hydrogens (primary N) is 1. The number of halogens is 2. The fourth-order valence-electron chi connectivity index (χ4n) is 0.244. The molecule has 3 heteroatoms. The van der Waals surface area contributed by atoms with Crippen LogP contribution in [0.1, 0.15) is 20.3 Å². The molecule has 0 fully saturated rings. The lowest BCUT2D eigenvalue weighted by Crippen LogP contribution is -2.32. The van der Waals surface area contributed by atoms with Crippen molar-refractivity contribution in [2.24, 2.45) is 5.73 Å². The molecule has 0 amide bonds. The summed E-state index contributed by atoms with van der Waals surface area (Å²) in [6, 6.07) is 0. The summed E-state index contributed by atoms with van der Waals surface area (Å²) >= 11 is 0. The highest BCUT2D eigenvalue weighted by atomic mass is 35.5. The highest BCUT2D eigenvalue weighted by molar-refractivity contribution is 5.85. The van der Waals surface area contributed by atoms with E-state index >= 15 is 0 Å². The van der Waals surface area contributed by atoms with Crippen LogP contribution >= 0.6 is 12.4 Å². The van der Waals surface area contributed by atoms with E-state index in [9.17, 15) is 4.39 Å². The molecule has 52 valence electrons. The summed E-state index contributed by atoms with van der Waals surface area (Å²) in [4.78, 5) is 0. The van der Waals surface area contributed by atoms with E-state index < -0.39 is 0 Å². The lowest BCUT2D eigenvalue weighted by atomic mass is 10.0. The molecule has 1 nitrogen and oxygen atoms in total. The first-order valence-electron chi connectivity index (χ1n) is 2.41. The molecular weight excluding hydrogens is 129 g/mol. The van der Waals surface area contributed by atoms with Crippen LogP contribution in [0.3, 0.4) is 0 Å². The van der Waals surface area contributed by atoms with Crippen LogP contribution in [0.15, 0.2) is 0 Å². The first kappa shape index (κ1) is 11.0. The van der Waals surface area contributed by atoms with E-state index in [0.29, 0.717) is 6.42 Å². The molecular formula is C5H13ClFN. The third-order valence-corrected chi connectivity index (χ3v) is 0.739. The summed E-state index contributed by atoms with van der Waals surface area (Å²) in [5.74, 6) is 0. The van der Waals surface area contributed by atoms with Gasteiger partial charge in [-0.2, -0.15) is 0 Å². The topological polar surface area (TPSA) is 26.0 Å². The summed E-state index contributed by atoms with van der Waals surface area (Å²) in [6.45, 7) is 3.31. The fraction of sp³-hybridized carbons (Fsp3) is 1.00. The third kappa shape index (κ3) is 9.49. The first-order chi connectivity index (χ1) is 3.06. The van der Waals surface area contributed by atoms with Gasteiger partial charge in [0.25, 0.3) is 0 Å². The molecule has 0 heterocycles. The number of rotatable bonds is 2. The van der Waals surface area contributed by atoms with Gasteiger partial charge in [-0.15, -0.1) is 12.4 Å². The highest BCUT2D eigenvalue weighted by Gasteiger charge is 2.07. The molecule has 0 bridgehead atoms. The van der Waals surface area contributed by atoms with Crippen molar-refractivity contribution in [1.29, 1.82) is 0 Å². The first-order valence-corrected chi connectivity index (χ1v) is 2.41. The summed E-state index contributed by atoms with van der Waals surface area (Å²) < 4.78 is 11.4. The Balaban J connectivity index is 0. The predicted molar refractivity (Wildman–Crippen MR) is 36.1 cm³/mol. The van der Waals surface area contributed by atoms with E-state index in [0.717, 1.165) is 0 Å². The largest absolute Gasteiger partial charge is 0.325 e. The fourth-order valence-corrected chi connectivity index (χ4v) is 0.244. The zero-order chi connectivity index (χ0) is 5.91. The van der Waals surface area contributed by atoms with Gasteiger partial charge in [0.1, 0.15) is 0 Å². The minimum Gasteiger partial charge on any atom is -0.325 e. The van der Waals surface area contributed by atoms with Crippen LogP contribution < -0.4 is 5.73 Å². The minimum atomic E-state index is -0.325. The Hall–Kier alpha value is 0.180. The van der Waals surface area contributed by atoms with Gasteiger partial charge in [-0.05, 0) is 20.3 Å². The van der Waals surface area contributed by atoms with Gasteiger partial charge in [-0.25, -0.2) is 0 Å². The van der Waals surface area contributed by atoms with E-state index in [1.165, 1.54) is 0 Å². The second kappa shape index (κ2) is 4.10. The van der Waals surface area contributed by atoms with Crippen LogP contribution in [-0.4, -0.2) is 12.2 Å². The molecule has 0 aromatic rings. The lowest BCUT2D eigenvalue weighted by molar-refractivity contribution is 0.379. The maximum Gasteiger partial charge on any atom is 0.0911 e. The van der Waals surface area contributed by atoms with Crippen molar-refractivity contribution in [2.45, 2.75) is 25.8 Å². The molecule has 0 spiro atoms. The standard InChI is InChI=1S/C5H12FN.ClH/c1-5(2,7)3-4-6;/h3-4,7H2,1-2H3;1H. The molecule has 0 unspecified atom stereocenters. The van der Waals surface area contributed by atoms with E-state index in [1.54, 1.807) is 0 Å². The Morgan fingerprint density at radius 2 is 1.88 bits per heavy atom. The molecule has 0 aliphatic heterocycles. The lowest BCUT2D eigenvalue weighted by Gasteiger charge is -2.14. The molecule has 0 rings (SSSR count). The molecule has 0 aromatic carbocycles. The molecule has 0 aliphatic rings.